The van der Waals surface area contributed by atoms with Gasteiger partial charge in [0.05, 0.1) is 0 Å². The van der Waals surface area contributed by atoms with Crippen LogP contribution in [0, 0.1) is 17.5 Å². The van der Waals surface area contributed by atoms with Gasteiger partial charge in [0, 0.05) is 0 Å². The van der Waals surface area contributed by atoms with Gasteiger partial charge >= 0.3 is 0 Å². The van der Waals surface area contributed by atoms with Crippen molar-refractivity contribution in [2.75, 3.05) is 0 Å². The van der Waals surface area contributed by atoms with Gasteiger partial charge in [-0.15, -0.1) is 0 Å². The molecule has 0 spiro atoms. The third-order valence-corrected chi connectivity index (χ3v) is 4.18. The fourth-order valence-corrected chi connectivity index (χ4v) is 2.88. The minimum absolute atomic E-state index is 0.223. The highest BCUT2D eigenvalue weighted by atomic mass is 19.1. The Morgan fingerprint density at radius 1 is 0.739 bits per heavy atom. The highest BCUT2D eigenvalue weighted by Gasteiger charge is 2.27. The van der Waals surface area contributed by atoms with Crippen LogP contribution >= 0.6 is 0 Å². The van der Waals surface area contributed by atoms with E-state index in [4.69, 9.17) is 0 Å². The highest BCUT2D eigenvalue weighted by Crippen LogP contribution is 2.33. The Morgan fingerprint density at radius 3 is 1.91 bits per heavy atom. The summed E-state index contributed by atoms with van der Waals surface area (Å²) in [5, 5.41) is 0. The van der Waals surface area contributed by atoms with Crippen LogP contribution in [0.2, 0.25) is 0 Å². The van der Waals surface area contributed by atoms with Gasteiger partial charge in [-0.3, -0.25) is 0 Å². The molecule has 2 aromatic rings. The number of benzene rings is 2. The highest BCUT2D eigenvalue weighted by molar-refractivity contribution is 5.34. The maximum Gasteiger partial charge on any atom is 0.127 e. The van der Waals surface area contributed by atoms with Crippen molar-refractivity contribution in [1.29, 1.82) is 0 Å². The molecule has 0 radical (unpaired) electrons. The van der Waals surface area contributed by atoms with Gasteiger partial charge in [0.2, 0.25) is 0 Å². The van der Waals surface area contributed by atoms with Crippen LogP contribution in [0.3, 0.4) is 0 Å². The van der Waals surface area contributed by atoms with Crippen molar-refractivity contribution in [3.05, 3.63) is 70.5 Å². The van der Waals surface area contributed by atoms with Crippen LogP contribution in [0.5, 0.6) is 0 Å². The van der Waals surface area contributed by atoms with E-state index in [1.165, 1.54) is 18.2 Å². The van der Waals surface area contributed by atoms with Crippen LogP contribution < -0.4 is 0 Å². The summed E-state index contributed by atoms with van der Waals surface area (Å²) < 4.78 is 42.8. The smallest absolute Gasteiger partial charge is 0.127 e. The van der Waals surface area contributed by atoms with Gasteiger partial charge in [0.15, 0.2) is 0 Å². The van der Waals surface area contributed by atoms with Gasteiger partial charge in [-0.05, 0) is 52.1 Å². The largest absolute Gasteiger partial charge is 0.207 e. The van der Waals surface area contributed by atoms with Crippen molar-refractivity contribution < 1.29 is 13.2 Å². The summed E-state index contributed by atoms with van der Waals surface area (Å²) in [5.74, 6) is -1.19. The number of rotatable bonds is 3. The lowest BCUT2D eigenvalue weighted by Crippen LogP contribution is -2.23. The molecule has 2 aromatic carbocycles. The number of hydrogen-bond acceptors (Lipinski definition) is 0. The fraction of sp³-hybridized carbons (Fsp3) is 0.400. The third kappa shape index (κ3) is 3.77. The molecule has 0 heterocycles. The van der Waals surface area contributed by atoms with E-state index in [1.807, 2.05) is 34.6 Å². The van der Waals surface area contributed by atoms with E-state index in [2.05, 4.69) is 0 Å². The van der Waals surface area contributed by atoms with E-state index < -0.39 is 22.5 Å². The van der Waals surface area contributed by atoms with Crippen molar-refractivity contribution in [1.82, 2.24) is 0 Å². The van der Waals surface area contributed by atoms with E-state index in [0.717, 1.165) is 0 Å². The van der Waals surface area contributed by atoms with Crippen molar-refractivity contribution in [3.8, 4) is 0 Å². The molecule has 0 saturated carbocycles. The summed E-state index contributed by atoms with van der Waals surface area (Å²) in [6.07, 6.45) is 0.223. The van der Waals surface area contributed by atoms with E-state index in [1.54, 1.807) is 18.2 Å². The molecule has 0 aromatic heterocycles. The topological polar surface area (TPSA) is 0 Å². The Kier molecular flexibility index (Phi) is 4.61. The van der Waals surface area contributed by atoms with Crippen molar-refractivity contribution in [2.45, 2.75) is 51.9 Å². The van der Waals surface area contributed by atoms with Crippen LogP contribution in [-0.4, -0.2) is 0 Å². The molecular weight excluding hydrogens is 297 g/mol. The Balaban J connectivity index is 2.41. The van der Waals surface area contributed by atoms with Crippen molar-refractivity contribution >= 4 is 0 Å². The standard InChI is InChI=1S/C20H23F3/c1-19(2,3)15-11-17(22)13(10-18(15)23)12-20(4,5)14-8-6-7-9-16(14)21/h6-11H,12H2,1-5H3. The second-order valence-corrected chi connectivity index (χ2v) is 7.71. The zero-order valence-corrected chi connectivity index (χ0v) is 14.3. The second-order valence-electron chi connectivity index (χ2n) is 7.71. The monoisotopic (exact) mass is 320 g/mol. The van der Waals surface area contributed by atoms with Gasteiger partial charge < -0.3 is 0 Å². The molecule has 124 valence electrons. The molecule has 0 saturated heterocycles. The Hall–Kier alpha value is -1.77. The average molecular weight is 320 g/mol. The number of halogens is 3. The van der Waals surface area contributed by atoms with E-state index in [-0.39, 0.29) is 17.8 Å². The summed E-state index contributed by atoms with van der Waals surface area (Å²) in [6.45, 7) is 9.19. The van der Waals surface area contributed by atoms with Crippen LogP contribution in [0.4, 0.5) is 13.2 Å². The van der Waals surface area contributed by atoms with Gasteiger partial charge in [0.25, 0.3) is 0 Å². The van der Waals surface area contributed by atoms with Crippen LogP contribution in [0.25, 0.3) is 0 Å². The first-order valence-corrected chi connectivity index (χ1v) is 7.76. The van der Waals surface area contributed by atoms with Crippen molar-refractivity contribution in [2.24, 2.45) is 0 Å². The summed E-state index contributed by atoms with van der Waals surface area (Å²) in [7, 11) is 0. The molecule has 23 heavy (non-hydrogen) atoms. The lowest BCUT2D eigenvalue weighted by atomic mass is 9.78. The first-order valence-electron chi connectivity index (χ1n) is 7.76. The summed E-state index contributed by atoms with van der Waals surface area (Å²) in [5.41, 5.74) is 0.0118. The number of hydrogen-bond donors (Lipinski definition) is 0. The predicted octanol–water partition coefficient (Wildman–Crippen LogP) is 5.92. The molecule has 0 aliphatic carbocycles. The van der Waals surface area contributed by atoms with Gasteiger partial charge in [-0.25, -0.2) is 13.2 Å². The van der Waals surface area contributed by atoms with Crippen LogP contribution in [-0.2, 0) is 17.3 Å². The molecule has 3 heteroatoms. The maximum atomic E-state index is 14.4. The SMILES string of the molecule is CC(C)(C)c1cc(F)c(CC(C)(C)c2ccccc2F)cc1F. The first kappa shape index (κ1) is 17.6. The molecule has 0 fully saturated rings. The lowest BCUT2D eigenvalue weighted by Gasteiger charge is -2.27. The molecule has 0 nitrogen and oxygen atoms in total. The Morgan fingerprint density at radius 2 is 1.35 bits per heavy atom. The van der Waals surface area contributed by atoms with Crippen LogP contribution in [0.15, 0.2) is 36.4 Å². The molecule has 0 atom stereocenters. The average Bonchev–Trinajstić information content (AvgIpc) is 2.41. The third-order valence-electron chi connectivity index (χ3n) is 4.18. The molecule has 0 amide bonds. The predicted molar refractivity (Wildman–Crippen MR) is 88.2 cm³/mol. The van der Waals surface area contributed by atoms with E-state index in [0.29, 0.717) is 11.1 Å². The minimum Gasteiger partial charge on any atom is -0.207 e. The summed E-state index contributed by atoms with van der Waals surface area (Å²) in [4.78, 5) is 0. The zero-order valence-electron chi connectivity index (χ0n) is 14.3. The van der Waals surface area contributed by atoms with Gasteiger partial charge in [-0.2, -0.15) is 0 Å². The van der Waals surface area contributed by atoms with E-state index >= 15 is 0 Å². The zero-order chi connectivity index (χ0) is 17.4. The Labute approximate surface area is 136 Å². The van der Waals surface area contributed by atoms with E-state index in [9.17, 15) is 13.2 Å². The second kappa shape index (κ2) is 6.03. The molecule has 0 bridgehead atoms. The minimum atomic E-state index is -0.637. The maximum absolute atomic E-state index is 14.4. The molecule has 0 unspecified atom stereocenters. The van der Waals surface area contributed by atoms with Gasteiger partial charge in [0.1, 0.15) is 17.5 Å². The van der Waals surface area contributed by atoms with Crippen LogP contribution in [0.1, 0.15) is 51.3 Å². The molecule has 0 N–H and O–H groups in total. The fourth-order valence-electron chi connectivity index (χ4n) is 2.88. The summed E-state index contributed by atoms with van der Waals surface area (Å²) in [6, 6.07) is 8.96. The molecule has 0 aliphatic heterocycles. The molecular formula is C20H23F3. The Bertz CT molecular complexity index is 709. The summed E-state index contributed by atoms with van der Waals surface area (Å²) >= 11 is 0. The van der Waals surface area contributed by atoms with Gasteiger partial charge in [-0.1, -0.05) is 52.8 Å². The lowest BCUT2D eigenvalue weighted by molar-refractivity contribution is 0.461. The quantitative estimate of drug-likeness (QED) is 0.658. The molecule has 0 aliphatic rings. The first-order chi connectivity index (χ1) is 10.5. The molecule has 2 rings (SSSR count). The van der Waals surface area contributed by atoms with Crippen molar-refractivity contribution in [3.63, 3.8) is 0 Å². The normalized spacial score (nSPS) is 12.5.